The normalized spacial score (nSPS) is 30.1. The molecule has 1 atom stereocenters. The first-order chi connectivity index (χ1) is 14.0. The first-order valence-corrected chi connectivity index (χ1v) is 6.30. The summed E-state index contributed by atoms with van der Waals surface area (Å²) in [6.07, 6.45) is -5.47. The number of nitrogens with one attached hydrogen (secondary N) is 2. The highest BCUT2D eigenvalue weighted by molar-refractivity contribution is 5.84. The molecule has 0 bridgehead atoms. The van der Waals surface area contributed by atoms with E-state index in [0.29, 0.717) is 0 Å². The van der Waals surface area contributed by atoms with E-state index in [2.05, 4.69) is 4.74 Å². The number of aryl methyl sites for hydroxylation is 1. The molecule has 1 amide bonds. The van der Waals surface area contributed by atoms with E-state index in [-0.39, 0.29) is 27.3 Å². The highest BCUT2D eigenvalue weighted by Crippen LogP contribution is 2.21. The standard InChI is InChI=1S/C16H21N3O2/c1-19(2)6-5-12-9-17-15-4-3-11(8-14(12)15)7-13-10-21-16(20)18-13/h3-4,8-9,13,17H,5-7,10H2,1-2H3,(H,18,20)/t13-/m0/s1/i5D2,6D2,7D2,10D2/hD2. The number of ether oxygens (including phenoxy) is 1. The van der Waals surface area contributed by atoms with E-state index >= 15 is 0 Å². The lowest BCUT2D eigenvalue weighted by Crippen LogP contribution is -2.28. The number of benzene rings is 1. The largest absolute Gasteiger partial charge is 0.447 e. The van der Waals surface area contributed by atoms with Crippen LogP contribution in [0.4, 0.5) is 4.79 Å². The van der Waals surface area contributed by atoms with Crippen LogP contribution in [0.5, 0.6) is 0 Å². The molecule has 1 saturated heterocycles. The molecule has 21 heavy (non-hydrogen) atoms. The van der Waals surface area contributed by atoms with Gasteiger partial charge in [-0.3, -0.25) is 0 Å². The minimum Gasteiger partial charge on any atom is -0.447 e. The van der Waals surface area contributed by atoms with E-state index in [1.165, 1.54) is 32.3 Å². The van der Waals surface area contributed by atoms with Crippen molar-refractivity contribution >= 4 is 17.0 Å². The maximum Gasteiger partial charge on any atom is 0.407 e. The molecule has 1 aromatic heterocycles. The van der Waals surface area contributed by atoms with Crippen LogP contribution in [-0.2, 0) is 17.5 Å². The maximum absolute atomic E-state index is 11.6. The summed E-state index contributed by atoms with van der Waals surface area (Å²) in [6.45, 7) is -5.27. The predicted molar refractivity (Wildman–Crippen MR) is 82.5 cm³/mol. The fraction of sp³-hybridized carbons (Fsp3) is 0.438. The lowest BCUT2D eigenvalue weighted by Gasteiger charge is -2.09. The molecule has 5 nitrogen and oxygen atoms in total. The van der Waals surface area contributed by atoms with Gasteiger partial charge < -0.3 is 19.9 Å². The fourth-order valence-electron chi connectivity index (χ4n) is 1.91. The number of amides is 1. The van der Waals surface area contributed by atoms with E-state index < -0.39 is 37.9 Å². The van der Waals surface area contributed by atoms with Crippen LogP contribution in [0.15, 0.2) is 24.4 Å². The van der Waals surface area contributed by atoms with E-state index in [1.807, 2.05) is 0 Å². The van der Waals surface area contributed by atoms with Gasteiger partial charge in [-0.25, -0.2) is 4.79 Å². The number of aromatic nitrogens is 1. The number of alkyl carbamates (subject to hydrolysis) is 1. The summed E-state index contributed by atoms with van der Waals surface area (Å²) in [5.74, 6) is 0. The van der Waals surface area contributed by atoms with Crippen LogP contribution >= 0.6 is 0 Å². The average molecular weight is 297 g/mol. The van der Waals surface area contributed by atoms with Crippen LogP contribution in [0, 0.1) is 0 Å². The van der Waals surface area contributed by atoms with Gasteiger partial charge in [0.05, 0.1) is 8.78 Å². The molecule has 5 heteroatoms. The molecule has 0 aliphatic carbocycles. The molecule has 1 aliphatic heterocycles. The number of rotatable bonds is 5. The van der Waals surface area contributed by atoms with Crippen LogP contribution < -0.4 is 5.31 Å². The Labute approximate surface area is 138 Å². The maximum atomic E-state index is 11.6. The van der Waals surface area contributed by atoms with Gasteiger partial charge >= 0.3 is 6.09 Å². The van der Waals surface area contributed by atoms with Crippen LogP contribution in [-0.4, -0.2) is 49.2 Å². The highest BCUT2D eigenvalue weighted by atomic mass is 16.6. The van der Waals surface area contributed by atoms with Crippen LogP contribution in [0.3, 0.4) is 0 Å². The van der Waals surface area contributed by atoms with Crippen molar-refractivity contribution in [3.8, 4) is 0 Å². The van der Waals surface area contributed by atoms with Crippen molar-refractivity contribution in [2.75, 3.05) is 27.2 Å². The zero-order valence-electron chi connectivity index (χ0n) is 21.5. The molecule has 2 N–H and O–H groups in total. The number of hydrogen-bond acceptors (Lipinski definition) is 3. The Morgan fingerprint density at radius 2 is 2.43 bits per heavy atom. The summed E-state index contributed by atoms with van der Waals surface area (Å²) in [5, 5.41) is 0.138. The molecule has 2 aromatic rings. The third-order valence-corrected chi connectivity index (χ3v) is 2.83. The first kappa shape index (κ1) is 6.40. The van der Waals surface area contributed by atoms with E-state index in [4.69, 9.17) is 13.8 Å². The number of fused-ring (bicyclic) bond motifs is 1. The number of H-pyrrole nitrogens is 1. The number of aromatic amines is 1. The molecule has 2 heterocycles. The molecule has 1 aromatic carbocycles. The Morgan fingerprint density at radius 1 is 1.57 bits per heavy atom. The Bertz CT molecular complexity index is 1040. The van der Waals surface area contributed by atoms with Gasteiger partial charge in [0.1, 0.15) is 6.56 Å². The Balaban J connectivity index is 2.20. The van der Waals surface area contributed by atoms with Gasteiger partial charge in [-0.2, -0.15) is 0 Å². The predicted octanol–water partition coefficient (Wildman–Crippen LogP) is 1.92. The number of carbonyl (C=O) groups excluding carboxylic acids is 1. The van der Waals surface area contributed by atoms with Gasteiger partial charge in [0.15, 0.2) is 2.82 Å². The molecular weight excluding hydrogens is 266 g/mol. The van der Waals surface area contributed by atoms with Crippen molar-refractivity contribution in [2.45, 2.75) is 18.8 Å². The lowest BCUT2D eigenvalue weighted by molar-refractivity contribution is 0.177. The SMILES string of the molecule is [2H]N1C(=O)OC([2H])([2H])[C@@H]1C([2H])([2H])c1ccc2c(c1)c(C([2H])([2H])C([2H])([2H])N(C)C)cn2[2H]. The minimum absolute atomic E-state index is 0.0504. The Morgan fingerprint density at radius 3 is 3.14 bits per heavy atom. The summed E-state index contributed by atoms with van der Waals surface area (Å²) in [5.41, 5.74) is -0.200. The topological polar surface area (TPSA) is 57.4 Å². The van der Waals surface area contributed by atoms with Crippen LogP contribution in [0.25, 0.3) is 10.9 Å². The molecule has 0 spiro atoms. The average Bonchev–Trinajstić information content (AvgIpc) is 3.07. The van der Waals surface area contributed by atoms with Crippen molar-refractivity contribution in [2.24, 2.45) is 0 Å². The quantitative estimate of drug-likeness (QED) is 0.886. The summed E-state index contributed by atoms with van der Waals surface area (Å²) in [4.78, 5) is 13.5. The number of carbonyl (C=O) groups is 1. The lowest BCUT2D eigenvalue weighted by atomic mass is 10.0. The third-order valence-electron chi connectivity index (χ3n) is 2.83. The van der Waals surface area contributed by atoms with Gasteiger partial charge in [-0.05, 0) is 50.1 Å². The molecule has 112 valence electrons. The zero-order chi connectivity index (χ0) is 23.7. The van der Waals surface area contributed by atoms with Gasteiger partial charge in [0.25, 0.3) is 0 Å². The third kappa shape index (κ3) is 3.19. The number of likely N-dealkylation sites (N-methyl/N-ethyl adjacent to an activating group) is 1. The first-order valence-electron chi connectivity index (χ1n) is 11.2. The molecule has 0 radical (unpaired) electrons. The monoisotopic (exact) mass is 297 g/mol. The van der Waals surface area contributed by atoms with Crippen molar-refractivity contribution in [1.29, 1.82) is 0 Å². The van der Waals surface area contributed by atoms with Gasteiger partial charge in [-0.15, -0.1) is 0 Å². The summed E-state index contributed by atoms with van der Waals surface area (Å²) in [7, 11) is 2.73. The molecule has 3 rings (SSSR count). The zero-order valence-corrected chi connectivity index (χ0v) is 11.5. The second-order valence-corrected chi connectivity index (χ2v) is 4.70. The van der Waals surface area contributed by atoms with Crippen molar-refractivity contribution in [3.05, 3.63) is 35.5 Å². The van der Waals surface area contributed by atoms with Gasteiger partial charge in [0.2, 0.25) is 0 Å². The molecular formula is C16H21N3O2. The van der Waals surface area contributed by atoms with Crippen molar-refractivity contribution in [1.82, 2.24) is 15.2 Å². The molecule has 1 fully saturated rings. The van der Waals surface area contributed by atoms with Crippen LogP contribution in [0.1, 0.15) is 22.1 Å². The fourth-order valence-corrected chi connectivity index (χ4v) is 1.91. The van der Waals surface area contributed by atoms with Gasteiger partial charge in [-0.1, -0.05) is 6.07 Å². The highest BCUT2D eigenvalue weighted by Gasteiger charge is 2.22. The van der Waals surface area contributed by atoms with E-state index in [0.717, 1.165) is 16.1 Å². The summed E-state index contributed by atoms with van der Waals surface area (Å²) in [6, 6.07) is 1.81. The van der Waals surface area contributed by atoms with Crippen LogP contribution in [0.2, 0.25) is 2.82 Å². The number of hydrogen-bond donors (Lipinski definition) is 2. The summed E-state index contributed by atoms with van der Waals surface area (Å²) >= 11 is 0. The molecule has 0 saturated carbocycles. The van der Waals surface area contributed by atoms with Crippen molar-refractivity contribution in [3.63, 3.8) is 0 Å². The Kier molecular flexibility index (Phi) is 1.76. The minimum atomic E-state index is -2.79. The van der Waals surface area contributed by atoms with Gasteiger partial charge in [0, 0.05) is 31.8 Å². The molecule has 1 aliphatic rings. The second-order valence-electron chi connectivity index (χ2n) is 4.70. The smallest absolute Gasteiger partial charge is 0.407 e. The second kappa shape index (κ2) is 5.77. The number of cyclic esters (lactones) is 1. The molecule has 0 unspecified atom stereocenters. The van der Waals surface area contributed by atoms with E-state index in [1.54, 1.807) is 0 Å². The Hall–Kier alpha value is -2.01. The number of nitrogens with zero attached hydrogens (tertiary/aromatic N) is 1. The van der Waals surface area contributed by atoms with Crippen molar-refractivity contribution < 1.29 is 23.3 Å². The summed E-state index contributed by atoms with van der Waals surface area (Å²) < 4.78 is 85.9. The van der Waals surface area contributed by atoms with E-state index in [9.17, 15) is 4.79 Å².